The predicted octanol–water partition coefficient (Wildman–Crippen LogP) is 2.04. The van der Waals surface area contributed by atoms with Gasteiger partial charge in [0.25, 0.3) is 0 Å². The third kappa shape index (κ3) is 5.15. The predicted molar refractivity (Wildman–Crippen MR) is 107 cm³/mol. The van der Waals surface area contributed by atoms with Crippen molar-refractivity contribution in [3.05, 3.63) is 29.3 Å². The van der Waals surface area contributed by atoms with Crippen LogP contribution in [0.1, 0.15) is 37.8 Å². The summed E-state index contributed by atoms with van der Waals surface area (Å²) in [7, 11) is 0. The normalized spacial score (nSPS) is 15.5. The van der Waals surface area contributed by atoms with Crippen LogP contribution >= 0.6 is 12.2 Å². The van der Waals surface area contributed by atoms with Crippen LogP contribution in [-0.2, 0) is 0 Å². The number of hydrogen-bond acceptors (Lipinski definition) is 5. The highest BCUT2D eigenvalue weighted by molar-refractivity contribution is 7.80. The highest BCUT2D eigenvalue weighted by Crippen LogP contribution is 2.23. The fraction of sp³-hybridized carbons (Fsp3) is 0.500. The van der Waals surface area contributed by atoms with E-state index in [-0.39, 0.29) is 5.11 Å². The van der Waals surface area contributed by atoms with E-state index in [1.165, 1.54) is 12.8 Å². The second-order valence-electron chi connectivity index (χ2n) is 6.12. The van der Waals surface area contributed by atoms with Gasteiger partial charge in [-0.25, -0.2) is 0 Å². The molecule has 0 aliphatic carbocycles. The lowest BCUT2D eigenvalue weighted by Crippen LogP contribution is -2.50. The maximum atomic E-state index is 9.52. The van der Waals surface area contributed by atoms with E-state index in [4.69, 9.17) is 18.0 Å². The van der Waals surface area contributed by atoms with Crippen LogP contribution in [-0.4, -0.2) is 48.4 Å². The van der Waals surface area contributed by atoms with Crippen LogP contribution in [0.2, 0.25) is 0 Å². The van der Waals surface area contributed by atoms with Gasteiger partial charge < -0.3 is 10.6 Å². The Morgan fingerprint density at radius 2 is 2.04 bits per heavy atom. The molecule has 7 heteroatoms. The molecule has 0 atom stereocenters. The van der Waals surface area contributed by atoms with Crippen LogP contribution in [0.15, 0.2) is 23.3 Å². The fourth-order valence-corrected chi connectivity index (χ4v) is 3.36. The Balaban J connectivity index is 2.06. The number of hydrazone groups is 1. The van der Waals surface area contributed by atoms with Gasteiger partial charge in [-0.05, 0) is 42.8 Å². The first-order valence-electron chi connectivity index (χ1n) is 8.70. The van der Waals surface area contributed by atoms with E-state index < -0.39 is 0 Å². The molecule has 0 radical (unpaired) electrons. The first kappa shape index (κ1) is 19.2. The van der Waals surface area contributed by atoms with Gasteiger partial charge in [0, 0.05) is 32.2 Å². The zero-order valence-electron chi connectivity index (χ0n) is 14.9. The number of anilines is 1. The average molecular weight is 359 g/mol. The molecule has 1 aliphatic heterocycles. The van der Waals surface area contributed by atoms with E-state index in [0.717, 1.165) is 37.4 Å². The Morgan fingerprint density at radius 1 is 1.36 bits per heavy atom. The molecule has 6 nitrogen and oxygen atoms in total. The highest BCUT2D eigenvalue weighted by Gasteiger charge is 2.23. The SMILES string of the molecule is CCC(CC)N1CCN(c2ccc(/C=N/NC(N)=S)cc2C#N)CC1. The molecule has 134 valence electrons. The average Bonchev–Trinajstić information content (AvgIpc) is 2.63. The van der Waals surface area contributed by atoms with Crippen molar-refractivity contribution in [2.75, 3.05) is 31.1 Å². The molecule has 0 amide bonds. The van der Waals surface area contributed by atoms with Crippen LogP contribution in [0, 0.1) is 11.3 Å². The van der Waals surface area contributed by atoms with Gasteiger partial charge in [0.2, 0.25) is 0 Å². The molecule has 0 unspecified atom stereocenters. The molecule has 0 bridgehead atoms. The second-order valence-corrected chi connectivity index (χ2v) is 6.56. The van der Waals surface area contributed by atoms with E-state index in [1.54, 1.807) is 6.21 Å². The molecule has 0 aromatic heterocycles. The molecular formula is C18H26N6S. The summed E-state index contributed by atoms with van der Waals surface area (Å²) >= 11 is 4.70. The van der Waals surface area contributed by atoms with Gasteiger partial charge in [-0.1, -0.05) is 19.9 Å². The minimum atomic E-state index is 0.115. The van der Waals surface area contributed by atoms with Crippen LogP contribution in [0.3, 0.4) is 0 Å². The van der Waals surface area contributed by atoms with Gasteiger partial charge >= 0.3 is 0 Å². The molecule has 1 heterocycles. The number of piperazine rings is 1. The van der Waals surface area contributed by atoms with Crippen molar-refractivity contribution in [1.82, 2.24) is 10.3 Å². The molecule has 25 heavy (non-hydrogen) atoms. The summed E-state index contributed by atoms with van der Waals surface area (Å²) < 4.78 is 0. The Hall–Kier alpha value is -2.17. The number of benzene rings is 1. The molecule has 1 aliphatic rings. The third-order valence-electron chi connectivity index (χ3n) is 4.64. The van der Waals surface area contributed by atoms with Crippen molar-refractivity contribution in [2.24, 2.45) is 10.8 Å². The maximum absolute atomic E-state index is 9.52. The van der Waals surface area contributed by atoms with Gasteiger partial charge in [-0.3, -0.25) is 10.3 Å². The summed E-state index contributed by atoms with van der Waals surface area (Å²) in [5.74, 6) is 0. The smallest absolute Gasteiger partial charge is 0.184 e. The van der Waals surface area contributed by atoms with Crippen molar-refractivity contribution in [1.29, 1.82) is 5.26 Å². The van der Waals surface area contributed by atoms with Crippen molar-refractivity contribution in [2.45, 2.75) is 32.7 Å². The second kappa shape index (κ2) is 9.35. The zero-order valence-corrected chi connectivity index (χ0v) is 15.7. The Kier molecular flexibility index (Phi) is 7.16. The quantitative estimate of drug-likeness (QED) is 0.460. The monoisotopic (exact) mass is 358 g/mol. The first-order valence-corrected chi connectivity index (χ1v) is 9.11. The van der Waals surface area contributed by atoms with Crippen LogP contribution < -0.4 is 16.1 Å². The van der Waals surface area contributed by atoms with Gasteiger partial charge in [0.05, 0.1) is 17.5 Å². The summed E-state index contributed by atoms with van der Waals surface area (Å²) in [5.41, 5.74) is 10.3. The molecule has 1 aromatic rings. The lowest BCUT2D eigenvalue weighted by atomic mass is 10.1. The van der Waals surface area contributed by atoms with E-state index in [9.17, 15) is 5.26 Å². The molecule has 2 rings (SSSR count). The molecule has 1 saturated heterocycles. The molecule has 3 N–H and O–H groups in total. The van der Waals surface area contributed by atoms with Gasteiger partial charge in [-0.15, -0.1) is 0 Å². The minimum Gasteiger partial charge on any atom is -0.375 e. The Bertz CT molecular complexity index is 654. The van der Waals surface area contributed by atoms with Gasteiger partial charge in [0.15, 0.2) is 5.11 Å². The zero-order chi connectivity index (χ0) is 18.2. The lowest BCUT2D eigenvalue weighted by molar-refractivity contribution is 0.175. The highest BCUT2D eigenvalue weighted by atomic mass is 32.1. The van der Waals surface area contributed by atoms with E-state index >= 15 is 0 Å². The number of nitrogens with two attached hydrogens (primary N) is 1. The van der Waals surface area contributed by atoms with E-state index in [0.29, 0.717) is 11.6 Å². The van der Waals surface area contributed by atoms with Crippen LogP contribution in [0.5, 0.6) is 0 Å². The topological polar surface area (TPSA) is 80.7 Å². The number of rotatable bonds is 6. The number of hydrogen-bond donors (Lipinski definition) is 2. The Morgan fingerprint density at radius 3 is 2.60 bits per heavy atom. The van der Waals surface area contributed by atoms with E-state index in [1.807, 2.05) is 18.2 Å². The summed E-state index contributed by atoms with van der Waals surface area (Å²) in [6.45, 7) is 8.47. The largest absolute Gasteiger partial charge is 0.375 e. The number of nitriles is 1. The van der Waals surface area contributed by atoms with Crippen molar-refractivity contribution < 1.29 is 0 Å². The number of nitrogens with one attached hydrogen (secondary N) is 1. The molecular weight excluding hydrogens is 332 g/mol. The van der Waals surface area contributed by atoms with Crippen molar-refractivity contribution >= 4 is 29.2 Å². The summed E-state index contributed by atoms with van der Waals surface area (Å²) in [5, 5.41) is 13.6. The first-order chi connectivity index (χ1) is 12.1. The summed E-state index contributed by atoms with van der Waals surface area (Å²) in [4.78, 5) is 4.86. The van der Waals surface area contributed by atoms with Crippen LogP contribution in [0.4, 0.5) is 5.69 Å². The standard InChI is InChI=1S/C18H26N6S/c1-3-16(4-2)23-7-9-24(10-8-23)17-6-5-14(11-15(17)12-19)13-21-22-18(20)25/h5-6,11,13,16H,3-4,7-10H2,1-2H3,(H3,20,22,25)/b21-13+. The molecule has 0 spiro atoms. The molecule has 1 aromatic carbocycles. The minimum absolute atomic E-state index is 0.115. The number of thiocarbonyl (C=S) groups is 1. The third-order valence-corrected chi connectivity index (χ3v) is 4.73. The Labute approximate surface area is 155 Å². The lowest BCUT2D eigenvalue weighted by Gasteiger charge is -2.40. The molecule has 1 fully saturated rings. The summed E-state index contributed by atoms with van der Waals surface area (Å²) in [6, 6.07) is 8.75. The molecule has 0 saturated carbocycles. The van der Waals surface area contributed by atoms with Crippen molar-refractivity contribution in [3.8, 4) is 6.07 Å². The van der Waals surface area contributed by atoms with E-state index in [2.05, 4.69) is 40.2 Å². The maximum Gasteiger partial charge on any atom is 0.184 e. The summed E-state index contributed by atoms with van der Waals surface area (Å²) in [6.07, 6.45) is 3.98. The van der Waals surface area contributed by atoms with Gasteiger partial charge in [-0.2, -0.15) is 10.4 Å². The van der Waals surface area contributed by atoms with Gasteiger partial charge in [0.1, 0.15) is 6.07 Å². The van der Waals surface area contributed by atoms with Crippen molar-refractivity contribution in [3.63, 3.8) is 0 Å². The van der Waals surface area contributed by atoms with Crippen LogP contribution in [0.25, 0.3) is 0 Å². The number of nitrogens with zero attached hydrogens (tertiary/aromatic N) is 4. The fourth-order valence-electron chi connectivity index (χ4n) is 3.30.